The molecular formula is C22H20FN5O3. The number of hydrogen-bond acceptors (Lipinski definition) is 7. The van der Waals surface area contributed by atoms with Crippen LogP contribution in [0.5, 0.6) is 0 Å². The van der Waals surface area contributed by atoms with Crippen molar-refractivity contribution in [2.45, 2.75) is 32.0 Å². The molecule has 1 amide bonds. The fourth-order valence-electron chi connectivity index (χ4n) is 3.33. The second-order valence-corrected chi connectivity index (χ2v) is 7.98. The molecule has 0 bridgehead atoms. The summed E-state index contributed by atoms with van der Waals surface area (Å²) in [5.41, 5.74) is 5.10. The Morgan fingerprint density at radius 2 is 2.00 bits per heavy atom. The molecule has 0 aliphatic carbocycles. The lowest BCUT2D eigenvalue weighted by Crippen LogP contribution is -2.33. The second kappa shape index (κ2) is 7.19. The summed E-state index contributed by atoms with van der Waals surface area (Å²) in [5.74, 6) is -0.975. The maximum Gasteiger partial charge on any atom is 0.250 e. The van der Waals surface area contributed by atoms with Gasteiger partial charge in [-0.15, -0.1) is 0 Å². The third-order valence-electron chi connectivity index (χ3n) is 5.21. The number of hydrogen-bond donors (Lipinski definition) is 1. The molecule has 0 saturated heterocycles. The standard InChI is InChI=1S/C22H20FN5O3/c1-12-4-5-13(18-19(29)21(2,3)31-28-18)6-15(12)16-9-27-17(10-26-16)22(23)7-14(20(24)30)8-25-11-22/h4-10H,11H2,1-3H3,(H2,24,30). The molecule has 2 N–H and O–H groups in total. The van der Waals surface area contributed by atoms with Gasteiger partial charge in [0.05, 0.1) is 30.2 Å². The SMILES string of the molecule is Cc1ccc(C2=NOC(C)(C)C2=O)cc1-c1cnc(C2(F)C=C(C(N)=O)C=NC2)cn1. The van der Waals surface area contributed by atoms with E-state index in [0.717, 1.165) is 17.2 Å². The van der Waals surface area contributed by atoms with Gasteiger partial charge in [-0.05, 0) is 38.5 Å². The maximum atomic E-state index is 15.3. The van der Waals surface area contributed by atoms with Crippen molar-refractivity contribution in [2.75, 3.05) is 6.54 Å². The van der Waals surface area contributed by atoms with E-state index in [-0.39, 0.29) is 29.3 Å². The average molecular weight is 421 g/mol. The molecule has 1 unspecified atom stereocenters. The number of halogens is 1. The van der Waals surface area contributed by atoms with Gasteiger partial charge in [0.15, 0.2) is 17.0 Å². The molecule has 3 heterocycles. The summed E-state index contributed by atoms with van der Waals surface area (Å²) in [6, 6.07) is 5.41. The van der Waals surface area contributed by atoms with Gasteiger partial charge in [-0.25, -0.2) is 4.39 Å². The molecule has 0 radical (unpaired) electrons. The van der Waals surface area contributed by atoms with Crippen LogP contribution in [0, 0.1) is 6.92 Å². The summed E-state index contributed by atoms with van der Waals surface area (Å²) in [6.07, 6.45) is 5.11. The lowest BCUT2D eigenvalue weighted by Gasteiger charge is -2.22. The summed E-state index contributed by atoms with van der Waals surface area (Å²) in [4.78, 5) is 41.6. The molecule has 158 valence electrons. The van der Waals surface area contributed by atoms with Crippen LogP contribution in [0.4, 0.5) is 4.39 Å². The number of dihydropyridines is 1. The quantitative estimate of drug-likeness (QED) is 0.811. The number of primary amides is 1. The molecule has 0 saturated carbocycles. The first-order chi connectivity index (χ1) is 14.6. The van der Waals surface area contributed by atoms with Gasteiger partial charge >= 0.3 is 0 Å². The first-order valence-electron chi connectivity index (χ1n) is 9.57. The number of aryl methyl sites for hydroxylation is 1. The zero-order valence-electron chi connectivity index (χ0n) is 17.2. The van der Waals surface area contributed by atoms with E-state index in [1.54, 1.807) is 26.0 Å². The zero-order valence-corrected chi connectivity index (χ0v) is 17.2. The number of aromatic nitrogens is 2. The number of aliphatic imine (C=N–C) groups is 1. The summed E-state index contributed by atoms with van der Waals surface area (Å²) < 4.78 is 15.3. The third kappa shape index (κ3) is 3.63. The summed E-state index contributed by atoms with van der Waals surface area (Å²) in [6.45, 7) is 4.99. The molecule has 1 aromatic heterocycles. The Kier molecular flexibility index (Phi) is 4.76. The van der Waals surface area contributed by atoms with Gasteiger partial charge in [-0.1, -0.05) is 17.3 Å². The van der Waals surface area contributed by atoms with Crippen LogP contribution in [-0.4, -0.2) is 45.7 Å². The predicted octanol–water partition coefficient (Wildman–Crippen LogP) is 2.19. The van der Waals surface area contributed by atoms with Gasteiger partial charge in [0.1, 0.15) is 5.69 Å². The smallest absolute Gasteiger partial charge is 0.250 e. The minimum Gasteiger partial charge on any atom is -0.381 e. The molecule has 9 heteroatoms. The Labute approximate surface area is 177 Å². The van der Waals surface area contributed by atoms with Gasteiger partial charge in [0, 0.05) is 17.3 Å². The number of alkyl halides is 1. The third-order valence-corrected chi connectivity index (χ3v) is 5.21. The lowest BCUT2D eigenvalue weighted by molar-refractivity contribution is -0.128. The lowest BCUT2D eigenvalue weighted by atomic mass is 9.93. The average Bonchev–Trinajstić information content (AvgIpc) is 3.01. The van der Waals surface area contributed by atoms with E-state index in [2.05, 4.69) is 20.1 Å². The molecule has 1 aromatic carbocycles. The molecule has 2 aliphatic rings. The molecule has 0 spiro atoms. The molecule has 1 atom stereocenters. The summed E-state index contributed by atoms with van der Waals surface area (Å²) >= 11 is 0. The Hall–Kier alpha value is -3.75. The number of Topliss-reactive ketones (excluding diaryl/α,β-unsaturated/α-hetero) is 1. The fraction of sp³-hybridized carbons (Fsp3) is 0.273. The number of benzene rings is 1. The van der Waals surface area contributed by atoms with Gasteiger partial charge < -0.3 is 10.6 Å². The number of nitrogens with two attached hydrogens (primary N) is 1. The van der Waals surface area contributed by atoms with Crippen LogP contribution in [-0.2, 0) is 20.1 Å². The van der Waals surface area contributed by atoms with Crippen LogP contribution in [0.25, 0.3) is 11.3 Å². The molecule has 4 rings (SSSR count). The molecule has 8 nitrogen and oxygen atoms in total. The van der Waals surface area contributed by atoms with Crippen molar-refractivity contribution in [1.29, 1.82) is 0 Å². The van der Waals surface area contributed by atoms with Crippen LogP contribution in [0.15, 0.2) is 52.4 Å². The predicted molar refractivity (Wildman–Crippen MR) is 112 cm³/mol. The number of ketones is 1. The van der Waals surface area contributed by atoms with E-state index < -0.39 is 17.2 Å². The van der Waals surface area contributed by atoms with Crippen molar-refractivity contribution < 1.29 is 18.8 Å². The summed E-state index contributed by atoms with van der Waals surface area (Å²) in [7, 11) is 0. The van der Waals surface area contributed by atoms with Crippen LogP contribution in [0.3, 0.4) is 0 Å². The summed E-state index contributed by atoms with van der Waals surface area (Å²) in [5, 5.41) is 3.93. The molecular weight excluding hydrogens is 401 g/mol. The molecule has 31 heavy (non-hydrogen) atoms. The highest BCUT2D eigenvalue weighted by atomic mass is 19.1. The highest BCUT2D eigenvalue weighted by molar-refractivity contribution is 6.49. The van der Waals surface area contributed by atoms with Crippen LogP contribution in [0.1, 0.15) is 30.7 Å². The first-order valence-corrected chi connectivity index (χ1v) is 9.57. The number of carbonyl (C=O) groups excluding carboxylic acids is 2. The second-order valence-electron chi connectivity index (χ2n) is 7.98. The van der Waals surface area contributed by atoms with E-state index >= 15 is 4.39 Å². The molecule has 0 fully saturated rings. The molecule has 2 aromatic rings. The van der Waals surface area contributed by atoms with Crippen molar-refractivity contribution in [3.05, 3.63) is 59.1 Å². The Morgan fingerprint density at radius 3 is 2.61 bits per heavy atom. The number of oxime groups is 1. The van der Waals surface area contributed by atoms with Crippen molar-refractivity contribution in [1.82, 2.24) is 9.97 Å². The maximum absolute atomic E-state index is 15.3. The van der Waals surface area contributed by atoms with Crippen LogP contribution >= 0.6 is 0 Å². The van der Waals surface area contributed by atoms with Crippen molar-refractivity contribution in [3.8, 4) is 11.3 Å². The Bertz CT molecular complexity index is 1180. The van der Waals surface area contributed by atoms with Crippen LogP contribution in [0.2, 0.25) is 0 Å². The fourth-order valence-corrected chi connectivity index (χ4v) is 3.33. The zero-order chi connectivity index (χ0) is 22.4. The van der Waals surface area contributed by atoms with E-state index in [9.17, 15) is 9.59 Å². The highest BCUT2D eigenvalue weighted by Gasteiger charge is 2.40. The van der Waals surface area contributed by atoms with Crippen molar-refractivity contribution in [3.63, 3.8) is 0 Å². The topological polar surface area (TPSA) is 120 Å². The number of carbonyl (C=O) groups is 2. The van der Waals surface area contributed by atoms with Crippen LogP contribution < -0.4 is 5.73 Å². The number of rotatable bonds is 4. The first kappa shape index (κ1) is 20.5. The number of amides is 1. The van der Waals surface area contributed by atoms with E-state index in [0.29, 0.717) is 11.3 Å². The van der Waals surface area contributed by atoms with Gasteiger partial charge in [-0.3, -0.25) is 24.5 Å². The van der Waals surface area contributed by atoms with Crippen molar-refractivity contribution in [2.24, 2.45) is 15.9 Å². The van der Waals surface area contributed by atoms with E-state index in [1.165, 1.54) is 18.6 Å². The number of nitrogens with zero attached hydrogens (tertiary/aromatic N) is 4. The normalized spacial score (nSPS) is 22.0. The van der Waals surface area contributed by atoms with Gasteiger partial charge in [0.2, 0.25) is 11.7 Å². The minimum absolute atomic E-state index is 0.0182. The minimum atomic E-state index is -2.07. The van der Waals surface area contributed by atoms with E-state index in [1.807, 2.05) is 13.0 Å². The molecule has 2 aliphatic heterocycles. The van der Waals surface area contributed by atoms with Gasteiger partial charge in [-0.2, -0.15) is 0 Å². The Morgan fingerprint density at radius 1 is 1.23 bits per heavy atom. The Balaban J connectivity index is 1.67. The van der Waals surface area contributed by atoms with Crippen molar-refractivity contribution >= 4 is 23.6 Å². The highest BCUT2D eigenvalue weighted by Crippen LogP contribution is 2.31. The largest absolute Gasteiger partial charge is 0.381 e. The van der Waals surface area contributed by atoms with Gasteiger partial charge in [0.25, 0.3) is 0 Å². The van der Waals surface area contributed by atoms with E-state index in [4.69, 9.17) is 10.6 Å². The monoisotopic (exact) mass is 421 g/mol.